The molecular formula is C18H25NO2S. The molecule has 2 aliphatic rings. The van der Waals surface area contributed by atoms with Gasteiger partial charge >= 0.3 is 0 Å². The zero-order valence-corrected chi connectivity index (χ0v) is 14.0. The van der Waals surface area contributed by atoms with Gasteiger partial charge in [0.1, 0.15) is 0 Å². The van der Waals surface area contributed by atoms with Gasteiger partial charge in [-0.1, -0.05) is 38.3 Å². The van der Waals surface area contributed by atoms with Gasteiger partial charge in [0.2, 0.25) is 5.91 Å². The minimum Gasteiger partial charge on any atom is -0.326 e. The fraction of sp³-hybridized carbons (Fsp3) is 0.611. The third-order valence-corrected chi connectivity index (χ3v) is 6.71. The smallest absolute Gasteiger partial charge is 0.227 e. The molecule has 2 aliphatic carbocycles. The van der Waals surface area contributed by atoms with Crippen molar-refractivity contribution in [3.05, 3.63) is 29.8 Å². The van der Waals surface area contributed by atoms with Gasteiger partial charge in [0.05, 0.1) is 0 Å². The van der Waals surface area contributed by atoms with Crippen molar-refractivity contribution in [2.45, 2.75) is 56.5 Å². The summed E-state index contributed by atoms with van der Waals surface area (Å²) in [4.78, 5) is 12.0. The molecule has 0 bridgehead atoms. The monoisotopic (exact) mass is 319 g/mol. The Bertz CT molecular complexity index is 566. The summed E-state index contributed by atoms with van der Waals surface area (Å²) in [5.74, 6) is 1.42. The van der Waals surface area contributed by atoms with Crippen molar-refractivity contribution in [1.29, 1.82) is 0 Å². The van der Waals surface area contributed by atoms with Crippen LogP contribution >= 0.6 is 0 Å². The zero-order chi connectivity index (χ0) is 15.5. The van der Waals surface area contributed by atoms with E-state index in [1.807, 2.05) is 24.3 Å². The van der Waals surface area contributed by atoms with Crippen LogP contribution in [0.3, 0.4) is 0 Å². The lowest BCUT2D eigenvalue weighted by Gasteiger charge is -2.21. The highest BCUT2D eigenvalue weighted by Crippen LogP contribution is 2.38. The third-order valence-electron chi connectivity index (χ3n) is 4.87. The molecule has 0 spiro atoms. The van der Waals surface area contributed by atoms with Crippen LogP contribution in [0.15, 0.2) is 24.3 Å². The molecular weight excluding hydrogens is 294 g/mol. The van der Waals surface area contributed by atoms with Gasteiger partial charge in [0, 0.05) is 33.4 Å². The average molecular weight is 319 g/mol. The number of hydrogen-bond acceptors (Lipinski definition) is 2. The maximum absolute atomic E-state index is 12.5. The summed E-state index contributed by atoms with van der Waals surface area (Å²) in [6.07, 6.45) is 6.91. The van der Waals surface area contributed by atoms with E-state index < -0.39 is 10.8 Å². The Morgan fingerprint density at radius 1 is 1.27 bits per heavy atom. The molecule has 0 heterocycles. The van der Waals surface area contributed by atoms with Gasteiger partial charge in [0.15, 0.2) is 0 Å². The second-order valence-corrected chi connectivity index (χ2v) is 8.51. The fourth-order valence-electron chi connectivity index (χ4n) is 3.27. The Labute approximate surface area is 135 Å². The topological polar surface area (TPSA) is 46.2 Å². The summed E-state index contributed by atoms with van der Waals surface area (Å²) in [6.45, 7) is 2.11. The van der Waals surface area contributed by atoms with Gasteiger partial charge in [-0.05, 0) is 42.9 Å². The van der Waals surface area contributed by atoms with E-state index in [0.29, 0.717) is 16.9 Å². The van der Waals surface area contributed by atoms with Crippen molar-refractivity contribution in [3.63, 3.8) is 0 Å². The van der Waals surface area contributed by atoms with E-state index in [1.54, 1.807) is 0 Å². The molecule has 2 saturated carbocycles. The number of rotatable bonds is 5. The molecule has 120 valence electrons. The normalized spacial score (nSPS) is 26.4. The molecule has 22 heavy (non-hydrogen) atoms. The number of nitrogens with one attached hydrogen (secondary N) is 1. The minimum absolute atomic E-state index is 0.123. The molecule has 0 radical (unpaired) electrons. The number of carbonyl (C=O) groups is 1. The predicted octanol–water partition coefficient (Wildman–Crippen LogP) is 3.86. The number of benzene rings is 1. The molecule has 1 amide bonds. The highest BCUT2D eigenvalue weighted by molar-refractivity contribution is 7.84. The zero-order valence-electron chi connectivity index (χ0n) is 13.2. The van der Waals surface area contributed by atoms with E-state index in [1.165, 1.54) is 19.3 Å². The van der Waals surface area contributed by atoms with Gasteiger partial charge in [-0.3, -0.25) is 9.00 Å². The van der Waals surface area contributed by atoms with Crippen LogP contribution in [0, 0.1) is 11.8 Å². The molecule has 1 N–H and O–H groups in total. The van der Waals surface area contributed by atoms with E-state index in [0.717, 1.165) is 30.5 Å². The first-order valence-electron chi connectivity index (χ1n) is 8.40. The van der Waals surface area contributed by atoms with Gasteiger partial charge in [-0.25, -0.2) is 0 Å². The first kappa shape index (κ1) is 15.7. The number of amides is 1. The molecule has 1 aromatic carbocycles. The standard InChI is InChI=1S/C18H25NO2S/c1-13-10-17(13)18(20)19-15-7-5-6-14(11-15)12-22(21)16-8-3-2-4-9-16/h5-7,11,13,16-17H,2-4,8-10,12H2,1H3,(H,19,20). The number of hydrogen-bond donors (Lipinski definition) is 1. The van der Waals surface area contributed by atoms with Crippen LogP contribution in [0.1, 0.15) is 51.0 Å². The van der Waals surface area contributed by atoms with Gasteiger partial charge in [0.25, 0.3) is 0 Å². The summed E-state index contributed by atoms with van der Waals surface area (Å²) in [5, 5.41) is 3.35. The van der Waals surface area contributed by atoms with Crippen LogP contribution in [0.4, 0.5) is 5.69 Å². The predicted molar refractivity (Wildman–Crippen MR) is 91.1 cm³/mol. The first-order valence-corrected chi connectivity index (χ1v) is 9.78. The summed E-state index contributed by atoms with van der Waals surface area (Å²) >= 11 is 0. The average Bonchev–Trinajstić information content (AvgIpc) is 3.25. The van der Waals surface area contributed by atoms with E-state index >= 15 is 0 Å². The molecule has 2 fully saturated rings. The lowest BCUT2D eigenvalue weighted by Crippen LogP contribution is -2.20. The van der Waals surface area contributed by atoms with Crippen LogP contribution < -0.4 is 5.32 Å². The maximum Gasteiger partial charge on any atom is 0.227 e. The van der Waals surface area contributed by atoms with Crippen molar-refractivity contribution < 1.29 is 9.00 Å². The molecule has 3 rings (SSSR count). The Hall–Kier alpha value is -1.16. The van der Waals surface area contributed by atoms with Crippen LogP contribution in [-0.4, -0.2) is 15.4 Å². The third kappa shape index (κ3) is 3.97. The molecule has 0 aromatic heterocycles. The molecule has 3 nitrogen and oxygen atoms in total. The van der Waals surface area contributed by atoms with Gasteiger partial charge in [-0.2, -0.15) is 0 Å². The second kappa shape index (κ2) is 6.95. The highest BCUT2D eigenvalue weighted by Gasteiger charge is 2.39. The first-order chi connectivity index (χ1) is 10.6. The van der Waals surface area contributed by atoms with Crippen molar-refractivity contribution in [1.82, 2.24) is 0 Å². The van der Waals surface area contributed by atoms with Crippen LogP contribution in [0.25, 0.3) is 0 Å². The second-order valence-electron chi connectivity index (χ2n) is 6.79. The molecule has 1 aromatic rings. The summed E-state index contributed by atoms with van der Waals surface area (Å²) in [6, 6.07) is 7.85. The maximum atomic E-state index is 12.5. The largest absolute Gasteiger partial charge is 0.326 e. The lowest BCUT2D eigenvalue weighted by atomic mass is 10.0. The van der Waals surface area contributed by atoms with E-state index in [2.05, 4.69) is 12.2 Å². The number of anilines is 1. The minimum atomic E-state index is -0.793. The van der Waals surface area contributed by atoms with Crippen molar-refractivity contribution in [2.75, 3.05) is 5.32 Å². The summed E-state index contributed by atoms with van der Waals surface area (Å²) in [5.41, 5.74) is 1.90. The van der Waals surface area contributed by atoms with Gasteiger partial charge < -0.3 is 5.32 Å². The fourth-order valence-corrected chi connectivity index (χ4v) is 4.87. The quantitative estimate of drug-likeness (QED) is 0.895. The summed E-state index contributed by atoms with van der Waals surface area (Å²) < 4.78 is 12.5. The highest BCUT2D eigenvalue weighted by atomic mass is 32.2. The Kier molecular flexibility index (Phi) is 4.97. The molecule has 3 unspecified atom stereocenters. The van der Waals surface area contributed by atoms with Gasteiger partial charge in [-0.15, -0.1) is 0 Å². The van der Waals surface area contributed by atoms with Crippen molar-refractivity contribution >= 4 is 22.4 Å². The Morgan fingerprint density at radius 3 is 2.68 bits per heavy atom. The molecule has 3 atom stereocenters. The molecule has 0 saturated heterocycles. The lowest BCUT2D eigenvalue weighted by molar-refractivity contribution is -0.117. The van der Waals surface area contributed by atoms with Crippen molar-refractivity contribution in [2.24, 2.45) is 11.8 Å². The Balaban J connectivity index is 1.58. The van der Waals surface area contributed by atoms with Crippen LogP contribution in [0.2, 0.25) is 0 Å². The van der Waals surface area contributed by atoms with E-state index in [-0.39, 0.29) is 11.8 Å². The molecule has 0 aliphatic heterocycles. The summed E-state index contributed by atoms with van der Waals surface area (Å²) in [7, 11) is -0.793. The van der Waals surface area contributed by atoms with E-state index in [9.17, 15) is 9.00 Å². The van der Waals surface area contributed by atoms with Crippen molar-refractivity contribution in [3.8, 4) is 0 Å². The SMILES string of the molecule is CC1CC1C(=O)Nc1cccc(CS(=O)C2CCCCC2)c1. The van der Waals surface area contributed by atoms with E-state index in [4.69, 9.17) is 0 Å². The number of carbonyl (C=O) groups excluding carboxylic acids is 1. The molecule has 4 heteroatoms. The van der Waals surface area contributed by atoms with Crippen LogP contribution in [0.5, 0.6) is 0 Å². The Morgan fingerprint density at radius 2 is 2.00 bits per heavy atom. The van der Waals surface area contributed by atoms with Crippen LogP contribution in [-0.2, 0) is 21.3 Å².